The van der Waals surface area contributed by atoms with Crippen LogP contribution in [0, 0.1) is 5.41 Å². The molecule has 0 heterocycles. The van der Waals surface area contributed by atoms with Crippen molar-refractivity contribution < 1.29 is 13.2 Å². The highest BCUT2D eigenvalue weighted by Crippen LogP contribution is 2.10. The molecule has 7 heteroatoms. The van der Waals surface area contributed by atoms with Crippen molar-refractivity contribution in [2.24, 2.45) is 5.73 Å². The first-order chi connectivity index (χ1) is 9.36. The van der Waals surface area contributed by atoms with Crippen molar-refractivity contribution >= 4 is 15.9 Å². The first-order valence-corrected chi connectivity index (χ1v) is 7.84. The molecule has 0 radical (unpaired) electrons. The van der Waals surface area contributed by atoms with E-state index in [1.54, 1.807) is 32.4 Å². The summed E-state index contributed by atoms with van der Waals surface area (Å²) in [4.78, 5) is 0. The number of hydrogen-bond donors (Lipinski definition) is 2. The summed E-state index contributed by atoms with van der Waals surface area (Å²) < 4.78 is 30.2. The van der Waals surface area contributed by atoms with E-state index >= 15 is 0 Å². The van der Waals surface area contributed by atoms with Gasteiger partial charge in [-0.3, -0.25) is 5.41 Å². The molecule has 20 heavy (non-hydrogen) atoms. The molecule has 0 saturated heterocycles. The molecule has 0 amide bonds. The zero-order valence-electron chi connectivity index (χ0n) is 11.8. The molecule has 1 rings (SSSR count). The summed E-state index contributed by atoms with van der Waals surface area (Å²) in [6, 6.07) is 7.02. The van der Waals surface area contributed by atoms with Crippen LogP contribution in [0.3, 0.4) is 0 Å². The number of sulfonamides is 1. The Labute approximate surface area is 120 Å². The topological polar surface area (TPSA) is 96.5 Å². The highest BCUT2D eigenvalue weighted by Gasteiger charge is 2.17. The van der Waals surface area contributed by atoms with E-state index in [2.05, 4.69) is 0 Å². The number of nitrogens with one attached hydrogen (secondary N) is 1. The van der Waals surface area contributed by atoms with E-state index in [1.165, 1.54) is 4.31 Å². The number of nitrogens with zero attached hydrogens (tertiary/aromatic N) is 1. The summed E-state index contributed by atoms with van der Waals surface area (Å²) in [5.41, 5.74) is 6.81. The average molecular weight is 299 g/mol. The summed E-state index contributed by atoms with van der Waals surface area (Å²) in [6.45, 7) is 0.684. The predicted molar refractivity (Wildman–Crippen MR) is 79.2 cm³/mol. The van der Waals surface area contributed by atoms with Gasteiger partial charge in [-0.05, 0) is 18.1 Å². The van der Waals surface area contributed by atoms with Crippen molar-refractivity contribution in [3.63, 3.8) is 0 Å². The number of rotatable bonds is 8. The first-order valence-electron chi connectivity index (χ1n) is 6.23. The van der Waals surface area contributed by atoms with E-state index in [9.17, 15) is 8.42 Å². The Morgan fingerprint density at radius 1 is 1.45 bits per heavy atom. The highest BCUT2D eigenvalue weighted by molar-refractivity contribution is 7.89. The maximum Gasteiger partial charge on any atom is 0.214 e. The normalized spacial score (nSPS) is 11.8. The number of amidine groups is 1. The zero-order chi connectivity index (χ0) is 15.2. The molecule has 0 atom stereocenters. The van der Waals surface area contributed by atoms with Gasteiger partial charge in [0.15, 0.2) is 0 Å². The fraction of sp³-hybridized carbons (Fsp3) is 0.462. The van der Waals surface area contributed by atoms with Gasteiger partial charge in [-0.1, -0.05) is 18.2 Å². The van der Waals surface area contributed by atoms with Crippen molar-refractivity contribution in [3.8, 4) is 0 Å². The number of nitrogens with two attached hydrogens (primary N) is 1. The minimum Gasteiger partial charge on any atom is -0.385 e. The number of nitrogen functional groups attached to an aromatic ring is 1. The van der Waals surface area contributed by atoms with E-state index in [1.807, 2.05) is 6.07 Å². The number of ether oxygens (including phenoxy) is 1. The molecule has 1 aromatic carbocycles. The van der Waals surface area contributed by atoms with Crippen molar-refractivity contribution in [2.45, 2.75) is 13.0 Å². The first kappa shape index (κ1) is 16.6. The summed E-state index contributed by atoms with van der Waals surface area (Å²) in [7, 11) is -0.206. The third-order valence-corrected chi connectivity index (χ3v) is 4.75. The van der Waals surface area contributed by atoms with Gasteiger partial charge in [0.1, 0.15) is 5.84 Å². The number of hydrogen-bond acceptors (Lipinski definition) is 4. The fourth-order valence-corrected chi connectivity index (χ4v) is 2.87. The van der Waals surface area contributed by atoms with Gasteiger partial charge >= 0.3 is 0 Å². The second-order valence-corrected chi connectivity index (χ2v) is 6.73. The van der Waals surface area contributed by atoms with Crippen LogP contribution in [0.25, 0.3) is 0 Å². The van der Waals surface area contributed by atoms with Crippen LogP contribution in [-0.4, -0.2) is 45.1 Å². The monoisotopic (exact) mass is 299 g/mol. The molecule has 0 aliphatic rings. The Morgan fingerprint density at radius 2 is 2.15 bits per heavy atom. The molecule has 0 spiro atoms. The summed E-state index contributed by atoms with van der Waals surface area (Å²) in [5, 5.41) is 7.38. The lowest BCUT2D eigenvalue weighted by Gasteiger charge is -2.17. The van der Waals surface area contributed by atoms with Gasteiger partial charge in [-0.25, -0.2) is 12.7 Å². The van der Waals surface area contributed by atoms with Gasteiger partial charge in [0.05, 0.1) is 5.75 Å². The number of benzene rings is 1. The molecule has 0 unspecified atom stereocenters. The van der Waals surface area contributed by atoms with Crippen LogP contribution in [0.1, 0.15) is 17.5 Å². The van der Waals surface area contributed by atoms with Crippen LogP contribution in [-0.2, 0) is 21.3 Å². The smallest absolute Gasteiger partial charge is 0.214 e. The van der Waals surface area contributed by atoms with Crippen LogP contribution < -0.4 is 5.73 Å². The largest absolute Gasteiger partial charge is 0.385 e. The Kier molecular flexibility index (Phi) is 6.12. The van der Waals surface area contributed by atoms with Crippen molar-refractivity contribution in [3.05, 3.63) is 35.4 Å². The molecular weight excluding hydrogens is 278 g/mol. The number of methoxy groups -OCH3 is 1. The zero-order valence-corrected chi connectivity index (χ0v) is 12.6. The second-order valence-electron chi connectivity index (χ2n) is 4.53. The quantitative estimate of drug-likeness (QED) is 0.421. The fourth-order valence-electron chi connectivity index (χ4n) is 1.73. The maximum atomic E-state index is 12.0. The SMILES string of the molecule is COCCCS(=O)(=O)N(C)Cc1cccc(C(=N)N)c1. The van der Waals surface area contributed by atoms with E-state index < -0.39 is 10.0 Å². The van der Waals surface area contributed by atoms with Crippen molar-refractivity contribution in [1.29, 1.82) is 5.41 Å². The van der Waals surface area contributed by atoms with E-state index in [0.717, 1.165) is 5.56 Å². The van der Waals surface area contributed by atoms with Crippen molar-refractivity contribution in [1.82, 2.24) is 4.31 Å². The Bertz CT molecular complexity index is 558. The van der Waals surface area contributed by atoms with Gasteiger partial charge < -0.3 is 10.5 Å². The summed E-state index contributed by atoms with van der Waals surface area (Å²) >= 11 is 0. The van der Waals surface area contributed by atoms with E-state index in [0.29, 0.717) is 18.6 Å². The van der Waals surface area contributed by atoms with Crippen molar-refractivity contribution in [2.75, 3.05) is 26.5 Å². The maximum absolute atomic E-state index is 12.0. The lowest BCUT2D eigenvalue weighted by molar-refractivity contribution is 0.199. The van der Waals surface area contributed by atoms with Gasteiger partial charge in [-0.15, -0.1) is 0 Å². The minimum absolute atomic E-state index is 0.0301. The molecular formula is C13H21N3O3S. The summed E-state index contributed by atoms with van der Waals surface area (Å²) in [6.07, 6.45) is 0.469. The Balaban J connectivity index is 2.72. The molecule has 0 fully saturated rings. The van der Waals surface area contributed by atoms with Crippen LogP contribution in [0.15, 0.2) is 24.3 Å². The molecule has 0 aliphatic heterocycles. The highest BCUT2D eigenvalue weighted by atomic mass is 32.2. The molecule has 6 nitrogen and oxygen atoms in total. The minimum atomic E-state index is -3.30. The molecule has 0 aromatic heterocycles. The average Bonchev–Trinajstić information content (AvgIpc) is 2.39. The predicted octanol–water partition coefficient (Wildman–Crippen LogP) is 0.769. The van der Waals surface area contributed by atoms with Gasteiger partial charge in [0.25, 0.3) is 0 Å². The third-order valence-electron chi connectivity index (χ3n) is 2.87. The molecule has 0 bridgehead atoms. The summed E-state index contributed by atoms with van der Waals surface area (Å²) in [5.74, 6) is 0.0291. The Hall–Kier alpha value is -1.44. The van der Waals surface area contributed by atoms with Crippen LogP contribution in [0.5, 0.6) is 0 Å². The molecule has 0 saturated carbocycles. The van der Waals surface area contributed by atoms with Crippen LogP contribution in [0.2, 0.25) is 0 Å². The van der Waals surface area contributed by atoms with Gasteiger partial charge in [0, 0.05) is 32.9 Å². The molecule has 3 N–H and O–H groups in total. The van der Waals surface area contributed by atoms with Crippen LogP contribution >= 0.6 is 0 Å². The molecule has 1 aromatic rings. The second kappa shape index (κ2) is 7.37. The van der Waals surface area contributed by atoms with E-state index in [4.69, 9.17) is 15.9 Å². The lowest BCUT2D eigenvalue weighted by Crippen LogP contribution is -2.29. The third kappa shape index (κ3) is 4.92. The Morgan fingerprint density at radius 3 is 2.75 bits per heavy atom. The van der Waals surface area contributed by atoms with Crippen LogP contribution in [0.4, 0.5) is 0 Å². The standard InChI is InChI=1S/C13H21N3O3S/c1-16(20(17,18)8-4-7-19-2)10-11-5-3-6-12(9-11)13(14)15/h3,5-6,9H,4,7-8,10H2,1-2H3,(H3,14,15). The van der Waals surface area contributed by atoms with E-state index in [-0.39, 0.29) is 18.1 Å². The van der Waals surface area contributed by atoms with Gasteiger partial charge in [-0.2, -0.15) is 0 Å². The molecule has 0 aliphatic carbocycles. The van der Waals surface area contributed by atoms with Gasteiger partial charge in [0.2, 0.25) is 10.0 Å². The molecule has 112 valence electrons. The lowest BCUT2D eigenvalue weighted by atomic mass is 10.1.